The van der Waals surface area contributed by atoms with Gasteiger partial charge in [-0.15, -0.1) is 0 Å². The number of para-hydroxylation sites is 3. The van der Waals surface area contributed by atoms with E-state index in [9.17, 15) is 9.59 Å². The molecule has 0 aromatic heterocycles. The van der Waals surface area contributed by atoms with Gasteiger partial charge in [-0.3, -0.25) is 14.5 Å². The SMILES string of the molecule is COc1ccccc1NC(=O)C1(c2ccccc2)CCC(=O)N1c1ccccc1. The number of amides is 2. The summed E-state index contributed by atoms with van der Waals surface area (Å²) in [4.78, 5) is 28.4. The largest absolute Gasteiger partial charge is 0.495 e. The lowest BCUT2D eigenvalue weighted by Gasteiger charge is -2.37. The third-order valence-corrected chi connectivity index (χ3v) is 5.33. The molecule has 1 fully saturated rings. The monoisotopic (exact) mass is 386 g/mol. The van der Waals surface area contributed by atoms with Crippen molar-refractivity contribution in [3.63, 3.8) is 0 Å². The maximum Gasteiger partial charge on any atom is 0.255 e. The molecule has 1 aliphatic heterocycles. The third-order valence-electron chi connectivity index (χ3n) is 5.33. The second-order valence-corrected chi connectivity index (χ2v) is 6.95. The minimum Gasteiger partial charge on any atom is -0.495 e. The summed E-state index contributed by atoms with van der Waals surface area (Å²) in [7, 11) is 1.56. The van der Waals surface area contributed by atoms with E-state index in [0.717, 1.165) is 5.56 Å². The Morgan fingerprint density at radius 2 is 1.55 bits per heavy atom. The van der Waals surface area contributed by atoms with Gasteiger partial charge in [0.15, 0.2) is 5.54 Å². The molecule has 0 radical (unpaired) electrons. The van der Waals surface area contributed by atoms with Crippen LogP contribution in [0.1, 0.15) is 18.4 Å². The van der Waals surface area contributed by atoms with Crippen molar-refractivity contribution in [1.82, 2.24) is 0 Å². The van der Waals surface area contributed by atoms with Crippen LogP contribution < -0.4 is 15.0 Å². The van der Waals surface area contributed by atoms with E-state index in [1.807, 2.05) is 72.8 Å². The van der Waals surface area contributed by atoms with Crippen molar-refractivity contribution in [2.24, 2.45) is 0 Å². The number of anilines is 2. The predicted molar refractivity (Wildman–Crippen MR) is 113 cm³/mol. The molecular weight excluding hydrogens is 364 g/mol. The maximum atomic E-state index is 13.8. The van der Waals surface area contributed by atoms with E-state index >= 15 is 0 Å². The number of carbonyl (C=O) groups excluding carboxylic acids is 2. The van der Waals surface area contributed by atoms with E-state index < -0.39 is 5.54 Å². The molecule has 1 N–H and O–H groups in total. The van der Waals surface area contributed by atoms with Gasteiger partial charge in [-0.1, -0.05) is 60.7 Å². The Morgan fingerprint density at radius 3 is 2.24 bits per heavy atom. The molecule has 1 heterocycles. The number of nitrogens with one attached hydrogen (secondary N) is 1. The van der Waals surface area contributed by atoms with Crippen molar-refractivity contribution in [3.8, 4) is 5.75 Å². The molecule has 4 rings (SSSR count). The zero-order valence-electron chi connectivity index (χ0n) is 16.2. The molecule has 5 nitrogen and oxygen atoms in total. The number of ether oxygens (including phenoxy) is 1. The number of hydrogen-bond donors (Lipinski definition) is 1. The fourth-order valence-corrected chi connectivity index (χ4v) is 3.97. The predicted octanol–water partition coefficient (Wildman–Crippen LogP) is 4.36. The average Bonchev–Trinajstić information content (AvgIpc) is 3.13. The molecule has 146 valence electrons. The van der Waals surface area contributed by atoms with Gasteiger partial charge < -0.3 is 10.1 Å². The van der Waals surface area contributed by atoms with Gasteiger partial charge in [-0.05, 0) is 36.2 Å². The zero-order valence-corrected chi connectivity index (χ0v) is 16.2. The number of carbonyl (C=O) groups is 2. The van der Waals surface area contributed by atoms with E-state index in [4.69, 9.17) is 4.74 Å². The van der Waals surface area contributed by atoms with E-state index in [1.54, 1.807) is 24.1 Å². The van der Waals surface area contributed by atoms with Crippen LogP contribution in [0.5, 0.6) is 5.75 Å². The Kier molecular flexibility index (Phi) is 5.04. The van der Waals surface area contributed by atoms with Crippen LogP contribution in [0, 0.1) is 0 Å². The first-order chi connectivity index (χ1) is 14.2. The molecule has 0 saturated carbocycles. The van der Waals surface area contributed by atoms with Gasteiger partial charge in [0.1, 0.15) is 5.75 Å². The van der Waals surface area contributed by atoms with E-state index in [2.05, 4.69) is 5.32 Å². The second kappa shape index (κ2) is 7.80. The van der Waals surface area contributed by atoms with Gasteiger partial charge in [-0.25, -0.2) is 0 Å². The maximum absolute atomic E-state index is 13.8. The molecule has 1 saturated heterocycles. The Bertz CT molecular complexity index is 1020. The van der Waals surface area contributed by atoms with Crippen LogP contribution in [0.2, 0.25) is 0 Å². The summed E-state index contributed by atoms with van der Waals surface area (Å²) in [5.74, 6) is 0.234. The summed E-state index contributed by atoms with van der Waals surface area (Å²) in [6.07, 6.45) is 0.689. The molecule has 0 bridgehead atoms. The Hall–Kier alpha value is -3.60. The normalized spacial score (nSPS) is 18.5. The zero-order chi connectivity index (χ0) is 20.3. The summed E-state index contributed by atoms with van der Waals surface area (Å²) < 4.78 is 5.38. The van der Waals surface area contributed by atoms with Crippen molar-refractivity contribution >= 4 is 23.2 Å². The number of benzene rings is 3. The molecule has 29 heavy (non-hydrogen) atoms. The van der Waals surface area contributed by atoms with Gasteiger partial charge in [0, 0.05) is 12.1 Å². The van der Waals surface area contributed by atoms with Gasteiger partial charge >= 0.3 is 0 Å². The van der Waals surface area contributed by atoms with Crippen LogP contribution in [0.4, 0.5) is 11.4 Å². The van der Waals surface area contributed by atoms with Crippen LogP contribution in [0.15, 0.2) is 84.9 Å². The fourth-order valence-electron chi connectivity index (χ4n) is 3.97. The average molecular weight is 386 g/mol. The lowest BCUT2D eigenvalue weighted by molar-refractivity contribution is -0.123. The minimum absolute atomic E-state index is 0.0739. The molecule has 1 aliphatic rings. The molecule has 1 unspecified atom stereocenters. The highest BCUT2D eigenvalue weighted by Gasteiger charge is 2.53. The molecule has 3 aromatic carbocycles. The van der Waals surface area contributed by atoms with E-state index in [-0.39, 0.29) is 11.8 Å². The topological polar surface area (TPSA) is 58.6 Å². The minimum atomic E-state index is -1.14. The molecule has 0 spiro atoms. The molecule has 1 atom stereocenters. The second-order valence-electron chi connectivity index (χ2n) is 6.95. The molecule has 2 amide bonds. The summed E-state index contributed by atoms with van der Waals surface area (Å²) in [5, 5.41) is 3.01. The number of hydrogen-bond acceptors (Lipinski definition) is 3. The molecule has 3 aromatic rings. The highest BCUT2D eigenvalue weighted by atomic mass is 16.5. The van der Waals surface area contributed by atoms with Crippen molar-refractivity contribution in [3.05, 3.63) is 90.5 Å². The summed E-state index contributed by atoms with van der Waals surface area (Å²) in [6.45, 7) is 0. The lowest BCUT2D eigenvalue weighted by atomic mass is 9.85. The lowest BCUT2D eigenvalue weighted by Crippen LogP contribution is -2.52. The van der Waals surface area contributed by atoms with Crippen LogP contribution in [0.3, 0.4) is 0 Å². The molecular formula is C24H22N2O3. The quantitative estimate of drug-likeness (QED) is 0.709. The van der Waals surface area contributed by atoms with Gasteiger partial charge in [0.05, 0.1) is 12.8 Å². The van der Waals surface area contributed by atoms with E-state index in [1.165, 1.54) is 0 Å². The highest BCUT2D eigenvalue weighted by molar-refractivity contribution is 6.11. The van der Waals surface area contributed by atoms with Gasteiger partial charge in [0.25, 0.3) is 5.91 Å². The van der Waals surface area contributed by atoms with Crippen LogP contribution in [0.25, 0.3) is 0 Å². The van der Waals surface area contributed by atoms with Crippen LogP contribution in [-0.4, -0.2) is 18.9 Å². The Morgan fingerprint density at radius 1 is 0.931 bits per heavy atom. The number of nitrogens with zero attached hydrogens (tertiary/aromatic N) is 1. The van der Waals surface area contributed by atoms with Crippen LogP contribution >= 0.6 is 0 Å². The Balaban J connectivity index is 1.84. The first-order valence-corrected chi connectivity index (χ1v) is 9.55. The van der Waals surface area contributed by atoms with Crippen molar-refractivity contribution in [1.29, 1.82) is 0 Å². The molecule has 0 aliphatic carbocycles. The summed E-state index contributed by atoms with van der Waals surface area (Å²) in [6, 6.07) is 26.1. The smallest absolute Gasteiger partial charge is 0.255 e. The summed E-state index contributed by atoms with van der Waals surface area (Å²) in [5.41, 5.74) is 0.916. The van der Waals surface area contributed by atoms with E-state index in [0.29, 0.717) is 30.0 Å². The number of methoxy groups -OCH3 is 1. The first kappa shape index (κ1) is 18.7. The fraction of sp³-hybridized carbons (Fsp3) is 0.167. The number of rotatable bonds is 5. The standard InChI is InChI=1S/C24H22N2O3/c1-29-21-15-9-8-14-20(21)25-23(28)24(18-10-4-2-5-11-18)17-16-22(27)26(24)19-12-6-3-7-13-19/h2-15H,16-17H2,1H3,(H,25,28). The Labute approximate surface area is 169 Å². The summed E-state index contributed by atoms with van der Waals surface area (Å²) >= 11 is 0. The van der Waals surface area contributed by atoms with Crippen molar-refractivity contribution < 1.29 is 14.3 Å². The van der Waals surface area contributed by atoms with Gasteiger partial charge in [-0.2, -0.15) is 0 Å². The van der Waals surface area contributed by atoms with Crippen molar-refractivity contribution in [2.45, 2.75) is 18.4 Å². The molecule has 5 heteroatoms. The third kappa shape index (κ3) is 3.25. The highest BCUT2D eigenvalue weighted by Crippen LogP contribution is 2.44. The van der Waals surface area contributed by atoms with Gasteiger partial charge in [0.2, 0.25) is 5.91 Å². The van der Waals surface area contributed by atoms with Crippen LogP contribution in [-0.2, 0) is 15.1 Å². The first-order valence-electron chi connectivity index (χ1n) is 9.55. The van der Waals surface area contributed by atoms with Crippen molar-refractivity contribution in [2.75, 3.05) is 17.3 Å².